The third-order valence-corrected chi connectivity index (χ3v) is 4.84. The second-order valence-electron chi connectivity index (χ2n) is 5.86. The van der Waals surface area contributed by atoms with Gasteiger partial charge in [0.05, 0.1) is 23.7 Å². The molecule has 2 heterocycles. The van der Waals surface area contributed by atoms with E-state index in [2.05, 4.69) is 20.9 Å². The number of aliphatic hydroxyl groups excluding tert-OH is 1. The second-order valence-corrected chi connectivity index (χ2v) is 6.77. The molecule has 0 bridgehead atoms. The van der Waals surface area contributed by atoms with Crippen molar-refractivity contribution in [1.29, 1.82) is 0 Å². The van der Waals surface area contributed by atoms with Crippen LogP contribution in [0.4, 0.5) is 0 Å². The molecule has 2 atom stereocenters. The van der Waals surface area contributed by atoms with Gasteiger partial charge in [0.25, 0.3) is 0 Å². The largest absolute Gasteiger partial charge is 0.394 e. The van der Waals surface area contributed by atoms with Gasteiger partial charge in [0.2, 0.25) is 5.96 Å². The summed E-state index contributed by atoms with van der Waals surface area (Å²) < 4.78 is 6.74. The molecule has 1 saturated carbocycles. The number of rotatable bonds is 4. The Bertz CT molecular complexity index is 458. The smallest absolute Gasteiger partial charge is 0.227 e. The Hall–Kier alpha value is -0.720. The molecule has 0 aromatic carbocycles. The zero-order valence-electron chi connectivity index (χ0n) is 12.1. The minimum Gasteiger partial charge on any atom is -0.394 e. The maximum atomic E-state index is 9.03. The average Bonchev–Trinajstić information content (AvgIpc) is 2.53. The second kappa shape index (κ2) is 7.03. The summed E-state index contributed by atoms with van der Waals surface area (Å²) in [7, 11) is 0. The first-order valence-corrected chi connectivity index (χ1v) is 8.57. The van der Waals surface area contributed by atoms with Gasteiger partial charge in [-0.2, -0.15) is 0 Å². The molecule has 3 aliphatic rings. The van der Waals surface area contributed by atoms with Gasteiger partial charge in [-0.3, -0.25) is 4.90 Å². The quantitative estimate of drug-likeness (QED) is 0.843. The molecule has 2 aliphatic heterocycles. The van der Waals surface area contributed by atoms with Crippen LogP contribution in [0.5, 0.6) is 0 Å². The molecule has 1 N–H and O–H groups in total. The van der Waals surface area contributed by atoms with E-state index in [0.29, 0.717) is 18.6 Å². The molecule has 1 fully saturated rings. The van der Waals surface area contributed by atoms with E-state index in [4.69, 9.17) is 14.8 Å². The molecule has 116 valence electrons. The summed E-state index contributed by atoms with van der Waals surface area (Å²) in [6, 6.07) is 0.294. The summed E-state index contributed by atoms with van der Waals surface area (Å²) in [5.74, 6) is 1.39. The molecule has 0 spiro atoms. The molecule has 0 aromatic heterocycles. The highest BCUT2D eigenvalue weighted by Gasteiger charge is 2.35. The van der Waals surface area contributed by atoms with Crippen LogP contribution in [0.2, 0.25) is 0 Å². The van der Waals surface area contributed by atoms with Crippen LogP contribution in [0, 0.1) is 5.92 Å². The maximum absolute atomic E-state index is 9.03. The van der Waals surface area contributed by atoms with E-state index in [-0.39, 0.29) is 12.8 Å². The molecule has 6 heteroatoms. The minimum absolute atomic E-state index is 0.0407. The molecule has 3 rings (SSSR count). The van der Waals surface area contributed by atoms with Crippen molar-refractivity contribution in [3.05, 3.63) is 10.7 Å². The predicted molar refractivity (Wildman–Crippen MR) is 86.6 cm³/mol. The number of aliphatic imine (C=N–C) groups is 2. The van der Waals surface area contributed by atoms with E-state index in [1.807, 2.05) is 11.1 Å². The Morgan fingerprint density at radius 2 is 2.14 bits per heavy atom. The van der Waals surface area contributed by atoms with Crippen LogP contribution in [0.1, 0.15) is 38.5 Å². The number of aliphatic hydroxyl groups is 1. The summed E-state index contributed by atoms with van der Waals surface area (Å²) in [6.45, 7) is 0.389. The fraction of sp³-hybridized carbons (Fsp3) is 0.733. The fourth-order valence-corrected chi connectivity index (χ4v) is 3.72. The summed E-state index contributed by atoms with van der Waals surface area (Å²) in [4.78, 5) is 11.3. The van der Waals surface area contributed by atoms with Crippen molar-refractivity contribution in [1.82, 2.24) is 4.90 Å². The highest BCUT2D eigenvalue weighted by molar-refractivity contribution is 9.12. The maximum Gasteiger partial charge on any atom is 0.227 e. The Kier molecular flexibility index (Phi) is 5.08. The van der Waals surface area contributed by atoms with Crippen LogP contribution in [-0.2, 0) is 4.74 Å². The van der Waals surface area contributed by atoms with Gasteiger partial charge in [0.1, 0.15) is 6.23 Å². The van der Waals surface area contributed by atoms with Crippen molar-refractivity contribution in [2.45, 2.75) is 50.8 Å². The van der Waals surface area contributed by atoms with E-state index in [0.717, 1.165) is 16.9 Å². The van der Waals surface area contributed by atoms with Crippen molar-refractivity contribution in [3.63, 3.8) is 0 Å². The summed E-state index contributed by atoms with van der Waals surface area (Å²) in [5, 5.41) is 9.03. The van der Waals surface area contributed by atoms with Crippen molar-refractivity contribution >= 4 is 28.1 Å². The lowest BCUT2D eigenvalue weighted by Crippen LogP contribution is -2.47. The lowest BCUT2D eigenvalue weighted by Gasteiger charge is -2.40. The SMILES string of the molecule is OCCOC1CC(C2CCCCC2)N=C2N=CC(Br)=CN21. The van der Waals surface area contributed by atoms with E-state index < -0.39 is 0 Å². The Morgan fingerprint density at radius 3 is 2.90 bits per heavy atom. The molecule has 0 amide bonds. The van der Waals surface area contributed by atoms with E-state index >= 15 is 0 Å². The molecule has 0 saturated heterocycles. The van der Waals surface area contributed by atoms with Crippen LogP contribution >= 0.6 is 15.9 Å². The van der Waals surface area contributed by atoms with Crippen molar-refractivity contribution in [3.8, 4) is 0 Å². The van der Waals surface area contributed by atoms with Gasteiger partial charge in [0.15, 0.2) is 0 Å². The number of nitrogens with zero attached hydrogens (tertiary/aromatic N) is 3. The van der Waals surface area contributed by atoms with E-state index in [9.17, 15) is 0 Å². The first-order valence-electron chi connectivity index (χ1n) is 7.78. The lowest BCUT2D eigenvalue weighted by atomic mass is 9.82. The number of allylic oxidation sites excluding steroid dienone is 1. The van der Waals surface area contributed by atoms with Gasteiger partial charge in [-0.25, -0.2) is 9.98 Å². The first kappa shape index (κ1) is 15.2. The van der Waals surface area contributed by atoms with Crippen LogP contribution in [0.25, 0.3) is 0 Å². The molecule has 5 nitrogen and oxygen atoms in total. The zero-order chi connectivity index (χ0) is 14.7. The highest BCUT2D eigenvalue weighted by Crippen LogP contribution is 2.34. The molecule has 21 heavy (non-hydrogen) atoms. The lowest BCUT2D eigenvalue weighted by molar-refractivity contribution is -0.0415. The van der Waals surface area contributed by atoms with Crippen LogP contribution in [-0.4, -0.2) is 47.7 Å². The topological polar surface area (TPSA) is 57.4 Å². The number of hydrogen-bond acceptors (Lipinski definition) is 5. The molecular weight excluding hydrogens is 334 g/mol. The molecule has 0 radical (unpaired) electrons. The number of ether oxygens (including phenoxy) is 1. The molecule has 0 aromatic rings. The third kappa shape index (κ3) is 3.55. The molecular formula is C15H22BrN3O2. The zero-order valence-corrected chi connectivity index (χ0v) is 13.7. The molecule has 2 unspecified atom stereocenters. The number of hydrogen-bond donors (Lipinski definition) is 1. The molecule has 1 aliphatic carbocycles. The predicted octanol–water partition coefficient (Wildman–Crippen LogP) is 2.65. The van der Waals surface area contributed by atoms with Crippen molar-refractivity contribution < 1.29 is 9.84 Å². The summed E-state index contributed by atoms with van der Waals surface area (Å²) in [5.41, 5.74) is 0. The number of halogens is 1. The van der Waals surface area contributed by atoms with E-state index in [1.54, 1.807) is 6.21 Å². The standard InChI is InChI=1S/C15H22BrN3O2/c16-12-9-17-15-18-13(11-4-2-1-3-5-11)8-14(19(15)10-12)21-7-6-20/h9-11,13-14,20H,1-8H2. The summed E-state index contributed by atoms with van der Waals surface area (Å²) >= 11 is 3.45. The van der Waals surface area contributed by atoms with Gasteiger partial charge in [0, 0.05) is 18.8 Å². The normalized spacial score (nSPS) is 29.9. The van der Waals surface area contributed by atoms with Crippen LogP contribution in [0.3, 0.4) is 0 Å². The highest BCUT2D eigenvalue weighted by atomic mass is 79.9. The first-order chi connectivity index (χ1) is 10.3. The number of guanidine groups is 1. The average molecular weight is 356 g/mol. The van der Waals surface area contributed by atoms with Gasteiger partial charge < -0.3 is 9.84 Å². The van der Waals surface area contributed by atoms with Gasteiger partial charge in [-0.05, 0) is 34.7 Å². The van der Waals surface area contributed by atoms with Gasteiger partial charge in [-0.15, -0.1) is 0 Å². The van der Waals surface area contributed by atoms with Gasteiger partial charge in [-0.1, -0.05) is 19.3 Å². The van der Waals surface area contributed by atoms with Gasteiger partial charge >= 0.3 is 0 Å². The Balaban J connectivity index is 1.78. The van der Waals surface area contributed by atoms with Crippen molar-refractivity contribution in [2.75, 3.05) is 13.2 Å². The minimum atomic E-state index is -0.0819. The van der Waals surface area contributed by atoms with Crippen LogP contribution < -0.4 is 0 Å². The monoisotopic (exact) mass is 355 g/mol. The van der Waals surface area contributed by atoms with Crippen molar-refractivity contribution in [2.24, 2.45) is 15.9 Å². The van der Waals surface area contributed by atoms with Crippen LogP contribution in [0.15, 0.2) is 20.7 Å². The number of fused-ring (bicyclic) bond motifs is 1. The summed E-state index contributed by atoms with van der Waals surface area (Å²) in [6.07, 6.45) is 11.0. The van der Waals surface area contributed by atoms with E-state index in [1.165, 1.54) is 32.1 Å². The fourth-order valence-electron chi connectivity index (χ4n) is 3.40. The third-order valence-electron chi connectivity index (χ3n) is 4.43. The Labute approximate surface area is 133 Å². The Morgan fingerprint density at radius 1 is 1.33 bits per heavy atom.